The summed E-state index contributed by atoms with van der Waals surface area (Å²) in [6, 6.07) is 12.5. The third-order valence-electron chi connectivity index (χ3n) is 4.81. The van der Waals surface area contributed by atoms with Crippen LogP contribution in [-0.2, 0) is 20.7 Å². The Hall–Kier alpha value is -3.22. The molecule has 1 fully saturated rings. The molecule has 2 amide bonds. The van der Waals surface area contributed by atoms with Gasteiger partial charge in [-0.2, -0.15) is 0 Å². The Morgan fingerprint density at radius 2 is 1.71 bits per heavy atom. The van der Waals surface area contributed by atoms with E-state index in [4.69, 9.17) is 4.74 Å². The van der Waals surface area contributed by atoms with Gasteiger partial charge in [-0.3, -0.25) is 9.59 Å². The maximum absolute atomic E-state index is 12.9. The standard InChI is InChI=1S/C21H21FN2O4/c1-28-18(25)16-4-2-3-5-17(16)24-20(27)21(11-12-21)19(26)23-13-10-14-6-8-15(22)9-7-14/h2-9H,10-13H2,1H3,(H,23,26)(H,24,27). The van der Waals surface area contributed by atoms with Crippen molar-refractivity contribution in [3.05, 3.63) is 65.5 Å². The lowest BCUT2D eigenvalue weighted by atomic mass is 10.0. The van der Waals surface area contributed by atoms with Crippen LogP contribution in [0.5, 0.6) is 0 Å². The zero-order chi connectivity index (χ0) is 20.1. The molecule has 2 aromatic rings. The predicted octanol–water partition coefficient (Wildman–Crippen LogP) is 2.69. The van der Waals surface area contributed by atoms with E-state index in [1.165, 1.54) is 19.2 Å². The molecule has 1 saturated carbocycles. The fourth-order valence-electron chi connectivity index (χ4n) is 2.94. The maximum Gasteiger partial charge on any atom is 0.339 e. The van der Waals surface area contributed by atoms with Gasteiger partial charge < -0.3 is 15.4 Å². The molecule has 0 atom stereocenters. The quantitative estimate of drug-likeness (QED) is 0.568. The molecular formula is C21H21FN2O4. The number of halogens is 1. The average molecular weight is 384 g/mol. The number of para-hydroxylation sites is 1. The summed E-state index contributed by atoms with van der Waals surface area (Å²) in [6.07, 6.45) is 1.43. The van der Waals surface area contributed by atoms with Crippen molar-refractivity contribution in [3.63, 3.8) is 0 Å². The highest BCUT2D eigenvalue weighted by atomic mass is 19.1. The van der Waals surface area contributed by atoms with E-state index in [2.05, 4.69) is 10.6 Å². The van der Waals surface area contributed by atoms with Gasteiger partial charge in [-0.05, 0) is 49.1 Å². The van der Waals surface area contributed by atoms with Crippen molar-refractivity contribution in [1.82, 2.24) is 5.32 Å². The topological polar surface area (TPSA) is 84.5 Å². The van der Waals surface area contributed by atoms with Gasteiger partial charge in [0.2, 0.25) is 11.8 Å². The number of methoxy groups -OCH3 is 1. The first-order valence-electron chi connectivity index (χ1n) is 8.98. The second-order valence-corrected chi connectivity index (χ2v) is 6.71. The third-order valence-corrected chi connectivity index (χ3v) is 4.81. The summed E-state index contributed by atoms with van der Waals surface area (Å²) in [5, 5.41) is 5.46. The first-order valence-corrected chi connectivity index (χ1v) is 8.98. The van der Waals surface area contributed by atoms with Crippen LogP contribution >= 0.6 is 0 Å². The van der Waals surface area contributed by atoms with Crippen LogP contribution in [0, 0.1) is 11.2 Å². The number of anilines is 1. The highest BCUT2D eigenvalue weighted by Gasteiger charge is 2.56. The lowest BCUT2D eigenvalue weighted by Crippen LogP contribution is -2.40. The number of ether oxygens (including phenoxy) is 1. The Labute approximate surface area is 162 Å². The summed E-state index contributed by atoms with van der Waals surface area (Å²) in [6.45, 7) is 0.345. The Kier molecular flexibility index (Phi) is 5.73. The second-order valence-electron chi connectivity index (χ2n) is 6.71. The zero-order valence-electron chi connectivity index (χ0n) is 15.5. The van der Waals surface area contributed by atoms with Gasteiger partial charge >= 0.3 is 5.97 Å². The normalized spacial score (nSPS) is 14.1. The van der Waals surface area contributed by atoms with Crippen molar-refractivity contribution in [2.75, 3.05) is 19.0 Å². The lowest BCUT2D eigenvalue weighted by Gasteiger charge is -2.16. The molecule has 7 heteroatoms. The molecule has 3 rings (SSSR count). The maximum atomic E-state index is 12.9. The number of hydrogen-bond acceptors (Lipinski definition) is 4. The van der Waals surface area contributed by atoms with Crippen LogP contribution in [0.1, 0.15) is 28.8 Å². The average Bonchev–Trinajstić information content (AvgIpc) is 3.51. The number of carbonyl (C=O) groups excluding carboxylic acids is 3. The summed E-state index contributed by atoms with van der Waals surface area (Å²) in [7, 11) is 1.26. The molecule has 6 nitrogen and oxygen atoms in total. The van der Waals surface area contributed by atoms with E-state index in [0.29, 0.717) is 31.5 Å². The van der Waals surface area contributed by atoms with Crippen molar-refractivity contribution >= 4 is 23.5 Å². The van der Waals surface area contributed by atoms with Crippen LogP contribution in [0.15, 0.2) is 48.5 Å². The number of carbonyl (C=O) groups is 3. The van der Waals surface area contributed by atoms with Crippen molar-refractivity contribution in [1.29, 1.82) is 0 Å². The molecule has 1 aliphatic rings. The first kappa shape index (κ1) is 19.5. The van der Waals surface area contributed by atoms with E-state index in [0.717, 1.165) is 5.56 Å². The van der Waals surface area contributed by atoms with E-state index < -0.39 is 17.3 Å². The molecule has 0 aliphatic heterocycles. The molecule has 146 valence electrons. The molecule has 0 unspecified atom stereocenters. The van der Waals surface area contributed by atoms with Crippen LogP contribution in [0.3, 0.4) is 0 Å². The Morgan fingerprint density at radius 1 is 1.04 bits per heavy atom. The predicted molar refractivity (Wildman–Crippen MR) is 101 cm³/mol. The minimum atomic E-state index is -1.12. The number of benzene rings is 2. The van der Waals surface area contributed by atoms with E-state index in [1.807, 2.05) is 0 Å². The minimum absolute atomic E-state index is 0.228. The van der Waals surface area contributed by atoms with Gasteiger partial charge in [-0.1, -0.05) is 24.3 Å². The first-order chi connectivity index (χ1) is 13.5. The molecule has 0 spiro atoms. The summed E-state index contributed by atoms with van der Waals surface area (Å²) >= 11 is 0. The summed E-state index contributed by atoms with van der Waals surface area (Å²) in [4.78, 5) is 37.1. The Bertz CT molecular complexity index is 892. The van der Waals surface area contributed by atoms with E-state index in [1.54, 1.807) is 36.4 Å². The van der Waals surface area contributed by atoms with Gasteiger partial charge in [0.25, 0.3) is 0 Å². The summed E-state index contributed by atoms with van der Waals surface area (Å²) in [5.74, 6) is -1.66. The van der Waals surface area contributed by atoms with Crippen LogP contribution in [-0.4, -0.2) is 31.4 Å². The van der Waals surface area contributed by atoms with Crippen LogP contribution < -0.4 is 10.6 Å². The van der Waals surface area contributed by atoms with Gasteiger partial charge in [0.15, 0.2) is 0 Å². The Morgan fingerprint density at radius 3 is 2.36 bits per heavy atom. The fraction of sp³-hybridized carbons (Fsp3) is 0.286. The van der Waals surface area contributed by atoms with E-state index in [-0.39, 0.29) is 17.3 Å². The molecule has 28 heavy (non-hydrogen) atoms. The molecule has 2 N–H and O–H groups in total. The van der Waals surface area contributed by atoms with E-state index in [9.17, 15) is 18.8 Å². The number of rotatable bonds is 7. The van der Waals surface area contributed by atoms with E-state index >= 15 is 0 Å². The highest BCUT2D eigenvalue weighted by Crippen LogP contribution is 2.47. The number of hydrogen-bond donors (Lipinski definition) is 2. The summed E-state index contributed by atoms with van der Waals surface area (Å²) in [5.41, 5.74) is 0.310. The minimum Gasteiger partial charge on any atom is -0.465 e. The third kappa shape index (κ3) is 4.19. The van der Waals surface area contributed by atoms with Gasteiger partial charge in [0, 0.05) is 6.54 Å². The van der Waals surface area contributed by atoms with Crippen molar-refractivity contribution in [3.8, 4) is 0 Å². The van der Waals surface area contributed by atoms with Gasteiger partial charge in [-0.25, -0.2) is 9.18 Å². The molecular weight excluding hydrogens is 363 g/mol. The van der Waals surface area contributed by atoms with Gasteiger partial charge in [0.05, 0.1) is 18.4 Å². The lowest BCUT2D eigenvalue weighted by molar-refractivity contribution is -0.134. The summed E-state index contributed by atoms with van der Waals surface area (Å²) < 4.78 is 17.6. The smallest absolute Gasteiger partial charge is 0.339 e. The molecule has 0 heterocycles. The molecule has 0 radical (unpaired) electrons. The molecule has 0 aromatic heterocycles. The highest BCUT2D eigenvalue weighted by molar-refractivity contribution is 6.14. The fourth-order valence-corrected chi connectivity index (χ4v) is 2.94. The number of esters is 1. The number of nitrogens with one attached hydrogen (secondary N) is 2. The van der Waals surface area contributed by atoms with Crippen molar-refractivity contribution in [2.24, 2.45) is 5.41 Å². The number of amides is 2. The van der Waals surface area contributed by atoms with Crippen molar-refractivity contribution in [2.45, 2.75) is 19.3 Å². The SMILES string of the molecule is COC(=O)c1ccccc1NC(=O)C1(C(=O)NCCc2ccc(F)cc2)CC1. The van der Waals surface area contributed by atoms with Crippen LogP contribution in [0.2, 0.25) is 0 Å². The molecule has 0 bridgehead atoms. The van der Waals surface area contributed by atoms with Crippen molar-refractivity contribution < 1.29 is 23.5 Å². The molecule has 1 aliphatic carbocycles. The zero-order valence-corrected chi connectivity index (χ0v) is 15.5. The largest absolute Gasteiger partial charge is 0.465 e. The van der Waals surface area contributed by atoms with Gasteiger partial charge in [0.1, 0.15) is 11.2 Å². The van der Waals surface area contributed by atoms with Crippen LogP contribution in [0.4, 0.5) is 10.1 Å². The molecule has 2 aromatic carbocycles. The molecule has 0 saturated heterocycles. The van der Waals surface area contributed by atoms with Gasteiger partial charge in [-0.15, -0.1) is 0 Å². The van der Waals surface area contributed by atoms with Crippen LogP contribution in [0.25, 0.3) is 0 Å². The monoisotopic (exact) mass is 384 g/mol. The second kappa shape index (κ2) is 8.21. The Balaban J connectivity index is 1.60.